The molecular formula is C48H30N4. The number of aromatic nitrogens is 4. The molecule has 0 aliphatic carbocycles. The second-order valence-corrected chi connectivity index (χ2v) is 13.4. The quantitative estimate of drug-likeness (QED) is 0.176. The predicted octanol–water partition coefficient (Wildman–Crippen LogP) is 12.3. The third kappa shape index (κ3) is 4.15. The van der Waals surface area contributed by atoms with Crippen LogP contribution in [-0.4, -0.2) is 19.1 Å². The zero-order valence-electron chi connectivity index (χ0n) is 28.1. The van der Waals surface area contributed by atoms with Gasteiger partial charge in [-0.1, -0.05) is 97.1 Å². The van der Waals surface area contributed by atoms with Crippen molar-refractivity contribution in [2.24, 2.45) is 0 Å². The summed E-state index contributed by atoms with van der Waals surface area (Å²) in [5, 5.41) is 9.67. The summed E-state index contributed by atoms with van der Waals surface area (Å²) in [4.78, 5) is 9.23. The monoisotopic (exact) mass is 662 g/mol. The van der Waals surface area contributed by atoms with Crippen molar-refractivity contribution in [2.45, 2.75) is 0 Å². The van der Waals surface area contributed by atoms with Crippen LogP contribution in [0.1, 0.15) is 0 Å². The summed E-state index contributed by atoms with van der Waals surface area (Å²) in [6.07, 6.45) is 7.68. The molecule has 0 radical (unpaired) electrons. The van der Waals surface area contributed by atoms with E-state index in [0.29, 0.717) is 0 Å². The third-order valence-electron chi connectivity index (χ3n) is 10.7. The fourth-order valence-electron chi connectivity index (χ4n) is 8.53. The predicted molar refractivity (Wildman–Crippen MR) is 217 cm³/mol. The minimum atomic E-state index is 1.08. The molecule has 242 valence electrons. The van der Waals surface area contributed by atoms with E-state index in [9.17, 15) is 0 Å². The van der Waals surface area contributed by atoms with Crippen LogP contribution in [0.4, 0.5) is 0 Å². The lowest BCUT2D eigenvalue weighted by atomic mass is 9.86. The second kappa shape index (κ2) is 11.2. The van der Waals surface area contributed by atoms with Gasteiger partial charge in [-0.15, -0.1) is 0 Å². The van der Waals surface area contributed by atoms with Crippen LogP contribution >= 0.6 is 0 Å². The summed E-state index contributed by atoms with van der Waals surface area (Å²) in [6, 6.07) is 57.1. The lowest BCUT2D eigenvalue weighted by Gasteiger charge is -2.20. The maximum atomic E-state index is 4.62. The van der Waals surface area contributed by atoms with Crippen molar-refractivity contribution >= 4 is 65.2 Å². The summed E-state index contributed by atoms with van der Waals surface area (Å²) in [5.74, 6) is 0. The zero-order valence-corrected chi connectivity index (χ0v) is 28.1. The molecule has 0 atom stereocenters. The molecule has 7 aromatic carbocycles. The van der Waals surface area contributed by atoms with Gasteiger partial charge < -0.3 is 9.13 Å². The molecule has 0 fully saturated rings. The molecule has 11 rings (SSSR count). The fourth-order valence-corrected chi connectivity index (χ4v) is 8.53. The Labute approximate surface area is 299 Å². The van der Waals surface area contributed by atoms with Crippen molar-refractivity contribution in [2.75, 3.05) is 0 Å². The van der Waals surface area contributed by atoms with Crippen molar-refractivity contribution in [1.29, 1.82) is 0 Å². The highest BCUT2D eigenvalue weighted by atomic mass is 15.0. The van der Waals surface area contributed by atoms with Crippen LogP contribution in [0.25, 0.3) is 98.8 Å². The van der Waals surface area contributed by atoms with Gasteiger partial charge in [0.1, 0.15) is 0 Å². The summed E-state index contributed by atoms with van der Waals surface area (Å²) in [5.41, 5.74) is 11.5. The molecule has 52 heavy (non-hydrogen) atoms. The minimum Gasteiger partial charge on any atom is -0.309 e. The zero-order chi connectivity index (χ0) is 34.2. The summed E-state index contributed by atoms with van der Waals surface area (Å²) >= 11 is 0. The molecule has 0 saturated carbocycles. The van der Waals surface area contributed by atoms with E-state index in [1.807, 2.05) is 36.9 Å². The smallest absolute Gasteiger partial charge is 0.0541 e. The van der Waals surface area contributed by atoms with Gasteiger partial charge in [-0.25, -0.2) is 0 Å². The van der Waals surface area contributed by atoms with Crippen LogP contribution in [0.15, 0.2) is 183 Å². The van der Waals surface area contributed by atoms with Crippen molar-refractivity contribution in [1.82, 2.24) is 19.1 Å². The molecule has 0 spiro atoms. The first-order chi connectivity index (χ1) is 25.8. The summed E-state index contributed by atoms with van der Waals surface area (Å²) < 4.78 is 4.80. The van der Waals surface area contributed by atoms with Gasteiger partial charge in [0.15, 0.2) is 0 Å². The minimum absolute atomic E-state index is 1.08. The third-order valence-corrected chi connectivity index (χ3v) is 10.7. The second-order valence-electron chi connectivity index (χ2n) is 13.4. The van der Waals surface area contributed by atoms with Crippen LogP contribution in [-0.2, 0) is 0 Å². The Bertz CT molecular complexity index is 2850. The molecule has 0 aliphatic heterocycles. The van der Waals surface area contributed by atoms with Gasteiger partial charge in [-0.3, -0.25) is 9.97 Å². The Morgan fingerprint density at radius 3 is 1.02 bits per heavy atom. The van der Waals surface area contributed by atoms with E-state index in [4.69, 9.17) is 0 Å². The average molecular weight is 663 g/mol. The number of para-hydroxylation sites is 4. The first-order valence-electron chi connectivity index (χ1n) is 17.6. The van der Waals surface area contributed by atoms with Crippen molar-refractivity contribution < 1.29 is 0 Å². The molecule has 0 N–H and O–H groups in total. The van der Waals surface area contributed by atoms with Gasteiger partial charge in [0.2, 0.25) is 0 Å². The summed E-state index contributed by atoms with van der Waals surface area (Å²) in [7, 11) is 0. The molecule has 0 amide bonds. The molecular weight excluding hydrogens is 633 g/mol. The number of fused-ring (bicyclic) bond motifs is 8. The molecule has 4 aromatic heterocycles. The first-order valence-corrected chi connectivity index (χ1v) is 17.6. The van der Waals surface area contributed by atoms with Gasteiger partial charge in [0.25, 0.3) is 0 Å². The van der Waals surface area contributed by atoms with Crippen LogP contribution in [0.2, 0.25) is 0 Å². The highest BCUT2D eigenvalue weighted by molar-refractivity contribution is 6.22. The molecule has 4 heterocycles. The van der Waals surface area contributed by atoms with E-state index < -0.39 is 0 Å². The van der Waals surface area contributed by atoms with E-state index in [1.54, 1.807) is 0 Å². The maximum absolute atomic E-state index is 4.62. The Balaban J connectivity index is 1.28. The van der Waals surface area contributed by atoms with Gasteiger partial charge in [-0.05, 0) is 93.3 Å². The molecule has 4 heteroatoms. The van der Waals surface area contributed by atoms with Gasteiger partial charge in [0, 0.05) is 68.8 Å². The van der Waals surface area contributed by atoms with Crippen LogP contribution in [0.5, 0.6) is 0 Å². The molecule has 0 aliphatic rings. The number of rotatable bonds is 4. The Morgan fingerprint density at radius 1 is 0.308 bits per heavy atom. The Kier molecular flexibility index (Phi) is 6.22. The Morgan fingerprint density at radius 2 is 0.673 bits per heavy atom. The maximum Gasteiger partial charge on any atom is 0.0541 e. The van der Waals surface area contributed by atoms with E-state index >= 15 is 0 Å². The van der Waals surface area contributed by atoms with Crippen molar-refractivity contribution in [3.8, 4) is 33.6 Å². The molecule has 0 bridgehead atoms. The lowest BCUT2D eigenvalue weighted by molar-refractivity contribution is 1.18. The van der Waals surface area contributed by atoms with Crippen LogP contribution in [0, 0.1) is 0 Å². The first kappa shape index (κ1) is 28.8. The van der Waals surface area contributed by atoms with E-state index in [0.717, 1.165) is 22.5 Å². The van der Waals surface area contributed by atoms with Crippen LogP contribution in [0.3, 0.4) is 0 Å². The molecule has 0 saturated heterocycles. The summed E-state index contributed by atoms with van der Waals surface area (Å²) in [6.45, 7) is 0. The van der Waals surface area contributed by atoms with E-state index in [2.05, 4.69) is 165 Å². The Hall–Kier alpha value is -7.04. The number of benzene rings is 7. The van der Waals surface area contributed by atoms with E-state index in [1.165, 1.54) is 76.3 Å². The van der Waals surface area contributed by atoms with Crippen LogP contribution < -0.4 is 0 Å². The normalized spacial score (nSPS) is 11.8. The standard InChI is InChI=1S/C48H30N4/c1-5-17-43-35(13-1)36-14-2-6-18-44(36)51(43)33-21-23-39-41(27-33)47(31-11-9-25-49-29-31)40-24-22-34(28-42(40)48(39)32-12-10-26-50-30-32)52-45-19-7-3-15-37(45)38-16-4-8-20-46(38)52/h1-30H. The van der Waals surface area contributed by atoms with Crippen molar-refractivity contribution in [3.63, 3.8) is 0 Å². The topological polar surface area (TPSA) is 35.6 Å². The highest BCUT2D eigenvalue weighted by Crippen LogP contribution is 2.46. The average Bonchev–Trinajstić information content (AvgIpc) is 3.73. The molecule has 11 aromatic rings. The van der Waals surface area contributed by atoms with Gasteiger partial charge in [-0.2, -0.15) is 0 Å². The fraction of sp³-hybridized carbons (Fsp3) is 0. The lowest BCUT2D eigenvalue weighted by Crippen LogP contribution is -1.98. The number of nitrogens with zero attached hydrogens (tertiary/aromatic N) is 4. The SMILES string of the molecule is c1cncc(-c2c3ccc(-n4c5ccccc5c5ccccc54)cc3c(-c3cccnc3)c3ccc(-n4c5ccccc5c5ccccc54)cc23)c1. The largest absolute Gasteiger partial charge is 0.309 e. The number of pyridine rings is 2. The highest BCUT2D eigenvalue weighted by Gasteiger charge is 2.21. The van der Waals surface area contributed by atoms with Gasteiger partial charge in [0.05, 0.1) is 22.1 Å². The van der Waals surface area contributed by atoms with Crippen molar-refractivity contribution in [3.05, 3.63) is 183 Å². The van der Waals surface area contributed by atoms with E-state index in [-0.39, 0.29) is 0 Å². The number of hydrogen-bond acceptors (Lipinski definition) is 2. The van der Waals surface area contributed by atoms with Gasteiger partial charge >= 0.3 is 0 Å². The number of hydrogen-bond donors (Lipinski definition) is 0. The molecule has 4 nitrogen and oxygen atoms in total. The molecule has 0 unspecified atom stereocenters.